The molecule has 0 aliphatic carbocycles. The Kier molecular flexibility index (Phi) is 9.22. The first kappa shape index (κ1) is 28.4. The minimum atomic E-state index is -4.15. The predicted octanol–water partition coefficient (Wildman–Crippen LogP) is 4.72. The molecule has 0 spiro atoms. The summed E-state index contributed by atoms with van der Waals surface area (Å²) in [4.78, 5) is 14.8. The van der Waals surface area contributed by atoms with Crippen LogP contribution in [0.5, 0.6) is 0 Å². The van der Waals surface area contributed by atoms with Crippen LogP contribution in [0.25, 0.3) is 0 Å². The number of halogens is 6. The summed E-state index contributed by atoms with van der Waals surface area (Å²) in [5.41, 5.74) is 0. The maximum Gasteiger partial charge on any atom is 0.407 e. The number of amides is 1. The molecule has 3 aliphatic heterocycles. The van der Waals surface area contributed by atoms with Gasteiger partial charge < -0.3 is 14.9 Å². The van der Waals surface area contributed by atoms with Gasteiger partial charge in [0.1, 0.15) is 0 Å². The molecule has 3 saturated heterocycles. The first-order valence-corrected chi connectivity index (χ1v) is 14.3. The first-order valence-electron chi connectivity index (χ1n) is 11.5. The molecule has 198 valence electrons. The van der Waals surface area contributed by atoms with Crippen molar-refractivity contribution >= 4 is 50.9 Å². The van der Waals surface area contributed by atoms with Gasteiger partial charge in [0.25, 0.3) is 0 Å². The number of hydrogen-bond acceptors (Lipinski definition) is 4. The van der Waals surface area contributed by atoms with Crippen molar-refractivity contribution in [3.63, 3.8) is 0 Å². The number of sulfonamides is 1. The highest BCUT2D eigenvalue weighted by Crippen LogP contribution is 2.41. The lowest BCUT2D eigenvalue weighted by molar-refractivity contribution is -0.136. The molecule has 34 heavy (non-hydrogen) atoms. The zero-order chi connectivity index (χ0) is 25.3. The van der Waals surface area contributed by atoms with Crippen LogP contribution in [0.1, 0.15) is 51.4 Å². The zero-order valence-electron chi connectivity index (χ0n) is 18.7. The molecule has 1 N–H and O–H groups in total. The van der Waals surface area contributed by atoms with E-state index in [1.807, 2.05) is 4.90 Å². The average molecular weight is 573 g/mol. The van der Waals surface area contributed by atoms with E-state index in [0.717, 1.165) is 4.90 Å². The van der Waals surface area contributed by atoms with Crippen LogP contribution in [-0.4, -0.2) is 93.7 Å². The van der Waals surface area contributed by atoms with E-state index >= 15 is 0 Å². The molecule has 0 aromatic heterocycles. The van der Waals surface area contributed by atoms with Gasteiger partial charge in [-0.05, 0) is 70.5 Å². The maximum absolute atomic E-state index is 13.3. The van der Waals surface area contributed by atoms with Gasteiger partial charge in [0.15, 0.2) is 0 Å². The molecule has 2 bridgehead atoms. The van der Waals surface area contributed by atoms with Crippen molar-refractivity contribution < 1.29 is 31.5 Å². The van der Waals surface area contributed by atoms with Crippen molar-refractivity contribution in [1.82, 2.24) is 14.1 Å². The Labute approximate surface area is 213 Å². The van der Waals surface area contributed by atoms with Gasteiger partial charge in [-0.1, -0.05) is 34.8 Å². The third kappa shape index (κ3) is 7.90. The van der Waals surface area contributed by atoms with E-state index in [4.69, 9.17) is 34.8 Å². The SMILES string of the molecule is O=C(O)N(CC(Cl)(Cl)Cl)C1C[C@H]2CC[C@@H](C1)N2S(=O)(=O)CC1CCN(CCCC(F)(F)F)CC1. The molecule has 7 nitrogen and oxygen atoms in total. The number of alkyl halides is 6. The number of nitrogens with zero attached hydrogens (tertiary/aromatic N) is 3. The van der Waals surface area contributed by atoms with Crippen molar-refractivity contribution in [3.8, 4) is 0 Å². The third-order valence-electron chi connectivity index (χ3n) is 7.09. The second-order valence-electron chi connectivity index (χ2n) is 9.65. The fourth-order valence-corrected chi connectivity index (χ4v) is 8.40. The summed E-state index contributed by atoms with van der Waals surface area (Å²) in [6, 6.07) is -0.987. The molecule has 3 rings (SSSR count). The molecule has 0 radical (unpaired) electrons. The summed E-state index contributed by atoms with van der Waals surface area (Å²) in [5, 5.41) is 9.60. The molecule has 3 aliphatic rings. The van der Waals surface area contributed by atoms with Crippen LogP contribution in [0, 0.1) is 5.92 Å². The van der Waals surface area contributed by atoms with Gasteiger partial charge in [0.2, 0.25) is 13.8 Å². The Morgan fingerprint density at radius 2 is 1.59 bits per heavy atom. The van der Waals surface area contributed by atoms with Crippen LogP contribution in [0.4, 0.5) is 18.0 Å². The Bertz CT molecular complexity index is 806. The number of hydrogen-bond donors (Lipinski definition) is 1. The van der Waals surface area contributed by atoms with Crippen LogP contribution >= 0.6 is 34.8 Å². The van der Waals surface area contributed by atoms with E-state index in [1.165, 1.54) is 0 Å². The Morgan fingerprint density at radius 3 is 2.06 bits per heavy atom. The standard InChI is InChI=1S/C20H31Cl3F3N3O4S/c21-19(22,23)13-28(18(30)31)17-10-15-2-3-16(11-17)29(15)34(32,33)12-14-4-8-27(9-5-14)7-1-6-20(24,25)26/h14-17H,1-13H2,(H,30,31)/t15-,16+,17?. The van der Waals surface area contributed by atoms with Crippen molar-refractivity contribution in [2.24, 2.45) is 5.92 Å². The lowest BCUT2D eigenvalue weighted by atomic mass is 9.98. The molecule has 0 saturated carbocycles. The number of likely N-dealkylation sites (tertiary alicyclic amines) is 1. The van der Waals surface area contributed by atoms with E-state index in [0.29, 0.717) is 58.2 Å². The summed E-state index contributed by atoms with van der Waals surface area (Å²) in [6.45, 7) is 1.27. The molecular weight excluding hydrogens is 542 g/mol. The topological polar surface area (TPSA) is 81.2 Å². The van der Waals surface area contributed by atoms with Gasteiger partial charge in [-0.3, -0.25) is 0 Å². The highest BCUT2D eigenvalue weighted by molar-refractivity contribution is 7.89. The maximum atomic E-state index is 13.3. The lowest BCUT2D eigenvalue weighted by Crippen LogP contribution is -2.55. The van der Waals surface area contributed by atoms with Gasteiger partial charge in [0, 0.05) is 24.5 Å². The fourth-order valence-electron chi connectivity index (χ4n) is 5.62. The zero-order valence-corrected chi connectivity index (χ0v) is 21.8. The normalized spacial score (nSPS) is 27.8. The Hall–Kier alpha value is -0.200. The van der Waals surface area contributed by atoms with Crippen molar-refractivity contribution in [3.05, 3.63) is 0 Å². The minimum Gasteiger partial charge on any atom is -0.465 e. The Morgan fingerprint density at radius 1 is 1.03 bits per heavy atom. The summed E-state index contributed by atoms with van der Waals surface area (Å²) in [6.07, 6.45) is -2.78. The second kappa shape index (κ2) is 11.0. The van der Waals surface area contributed by atoms with E-state index in [-0.39, 0.29) is 36.7 Å². The summed E-state index contributed by atoms with van der Waals surface area (Å²) < 4.78 is 63.5. The molecule has 3 heterocycles. The van der Waals surface area contributed by atoms with E-state index in [1.54, 1.807) is 4.31 Å². The lowest BCUT2D eigenvalue weighted by Gasteiger charge is -2.42. The van der Waals surface area contributed by atoms with Crippen molar-refractivity contribution in [2.75, 3.05) is 31.9 Å². The summed E-state index contributed by atoms with van der Waals surface area (Å²) >= 11 is 17.4. The van der Waals surface area contributed by atoms with E-state index < -0.39 is 38.5 Å². The number of piperidine rings is 2. The number of carbonyl (C=O) groups is 1. The van der Waals surface area contributed by atoms with E-state index in [2.05, 4.69) is 0 Å². The number of rotatable bonds is 8. The molecule has 0 aromatic carbocycles. The van der Waals surface area contributed by atoms with Gasteiger partial charge in [-0.25, -0.2) is 13.2 Å². The minimum absolute atomic E-state index is 0.0118. The molecule has 3 atom stereocenters. The average Bonchev–Trinajstić information content (AvgIpc) is 2.97. The van der Waals surface area contributed by atoms with Crippen LogP contribution in [0.15, 0.2) is 0 Å². The molecule has 1 amide bonds. The highest BCUT2D eigenvalue weighted by Gasteiger charge is 2.49. The van der Waals surface area contributed by atoms with Crippen molar-refractivity contribution in [2.45, 2.75) is 79.5 Å². The summed E-state index contributed by atoms with van der Waals surface area (Å²) in [5.74, 6) is -0.0291. The quantitative estimate of drug-likeness (QED) is 0.426. The molecular formula is C20H31Cl3F3N3O4S. The molecule has 14 heteroatoms. The number of carboxylic acid groups (broad SMARTS) is 1. The van der Waals surface area contributed by atoms with Crippen LogP contribution < -0.4 is 0 Å². The third-order valence-corrected chi connectivity index (χ3v) is 9.58. The second-order valence-corrected chi connectivity index (χ2v) is 14.1. The fraction of sp³-hybridized carbons (Fsp3) is 0.950. The Balaban J connectivity index is 1.53. The van der Waals surface area contributed by atoms with Gasteiger partial charge in [-0.15, -0.1) is 0 Å². The van der Waals surface area contributed by atoms with Crippen LogP contribution in [0.3, 0.4) is 0 Å². The van der Waals surface area contributed by atoms with Gasteiger partial charge in [-0.2, -0.15) is 17.5 Å². The first-order chi connectivity index (χ1) is 15.6. The van der Waals surface area contributed by atoms with Crippen LogP contribution in [0.2, 0.25) is 0 Å². The number of fused-ring (bicyclic) bond motifs is 2. The molecule has 0 aromatic rings. The summed E-state index contributed by atoms with van der Waals surface area (Å²) in [7, 11) is -3.56. The van der Waals surface area contributed by atoms with Gasteiger partial charge >= 0.3 is 12.3 Å². The smallest absolute Gasteiger partial charge is 0.407 e. The van der Waals surface area contributed by atoms with E-state index in [9.17, 15) is 31.5 Å². The van der Waals surface area contributed by atoms with Gasteiger partial charge in [0.05, 0.1) is 12.3 Å². The highest BCUT2D eigenvalue weighted by atomic mass is 35.6. The van der Waals surface area contributed by atoms with Crippen LogP contribution in [-0.2, 0) is 10.0 Å². The monoisotopic (exact) mass is 571 g/mol. The molecule has 1 unspecified atom stereocenters. The largest absolute Gasteiger partial charge is 0.465 e. The van der Waals surface area contributed by atoms with Crippen molar-refractivity contribution in [1.29, 1.82) is 0 Å². The predicted molar refractivity (Wildman–Crippen MR) is 125 cm³/mol. The molecule has 3 fully saturated rings.